The number of halogens is 1. The van der Waals surface area contributed by atoms with Crippen LogP contribution in [0.15, 0.2) is 59.1 Å². The molecule has 2 heterocycles. The third-order valence-electron chi connectivity index (χ3n) is 4.80. The summed E-state index contributed by atoms with van der Waals surface area (Å²) in [7, 11) is 0. The van der Waals surface area contributed by atoms with Crippen LogP contribution in [0.3, 0.4) is 0 Å². The molecule has 1 fully saturated rings. The lowest BCUT2D eigenvalue weighted by atomic mass is 10.0. The van der Waals surface area contributed by atoms with Crippen LogP contribution < -0.4 is 0 Å². The number of carbonyl (C=O) groups excluding carboxylic acids is 1. The van der Waals surface area contributed by atoms with E-state index in [-0.39, 0.29) is 23.5 Å². The predicted molar refractivity (Wildman–Crippen MR) is 96.1 cm³/mol. The van der Waals surface area contributed by atoms with Gasteiger partial charge in [-0.2, -0.15) is 0 Å². The first-order chi connectivity index (χ1) is 12.6. The highest BCUT2D eigenvalue weighted by Crippen LogP contribution is 2.34. The van der Waals surface area contributed by atoms with Crippen molar-refractivity contribution in [2.45, 2.75) is 25.8 Å². The van der Waals surface area contributed by atoms with Crippen molar-refractivity contribution in [1.29, 1.82) is 0 Å². The van der Waals surface area contributed by atoms with Crippen molar-refractivity contribution in [3.63, 3.8) is 0 Å². The molecule has 1 saturated heterocycles. The molecule has 1 aromatic heterocycles. The van der Waals surface area contributed by atoms with E-state index in [1.54, 1.807) is 18.2 Å². The standard InChI is InChI=1S/C21H19FN2O2/c1-14-4-2-5-16(12-14)19-6-3-11-24(19)21(25)20-13-18(23-26-20)15-7-9-17(22)10-8-15/h2,4-5,7-10,12-13,19H,3,6,11H2,1H3. The average molecular weight is 350 g/mol. The van der Waals surface area contributed by atoms with E-state index in [4.69, 9.17) is 4.52 Å². The van der Waals surface area contributed by atoms with Crippen molar-refractivity contribution in [1.82, 2.24) is 10.1 Å². The van der Waals surface area contributed by atoms with E-state index in [2.05, 4.69) is 30.3 Å². The lowest BCUT2D eigenvalue weighted by molar-refractivity contribution is 0.0693. The number of aromatic nitrogens is 1. The van der Waals surface area contributed by atoms with Gasteiger partial charge in [0, 0.05) is 18.2 Å². The first-order valence-electron chi connectivity index (χ1n) is 8.72. The number of carbonyl (C=O) groups is 1. The Kier molecular flexibility index (Phi) is 4.29. The number of benzene rings is 2. The number of nitrogens with zero attached hydrogens (tertiary/aromatic N) is 2. The lowest BCUT2D eigenvalue weighted by Crippen LogP contribution is -2.30. The molecular formula is C21H19FN2O2. The number of amides is 1. The van der Waals surface area contributed by atoms with Gasteiger partial charge in [0.1, 0.15) is 11.5 Å². The SMILES string of the molecule is Cc1cccc(C2CCCN2C(=O)c2cc(-c3ccc(F)cc3)no2)c1. The zero-order valence-corrected chi connectivity index (χ0v) is 14.5. The first-order valence-corrected chi connectivity index (χ1v) is 8.72. The van der Waals surface area contributed by atoms with Crippen LogP contribution in [-0.4, -0.2) is 22.5 Å². The van der Waals surface area contributed by atoms with Crippen molar-refractivity contribution in [3.8, 4) is 11.3 Å². The third kappa shape index (κ3) is 3.12. The van der Waals surface area contributed by atoms with Gasteiger partial charge in [-0.3, -0.25) is 4.79 Å². The minimum absolute atomic E-state index is 0.0572. The molecule has 1 unspecified atom stereocenters. The summed E-state index contributed by atoms with van der Waals surface area (Å²) in [5.74, 6) is -0.259. The highest BCUT2D eigenvalue weighted by atomic mass is 19.1. The van der Waals surface area contributed by atoms with Gasteiger partial charge in [0.15, 0.2) is 0 Å². The van der Waals surface area contributed by atoms with Crippen LogP contribution in [0.5, 0.6) is 0 Å². The lowest BCUT2D eigenvalue weighted by Gasteiger charge is -2.24. The number of rotatable bonds is 3. The van der Waals surface area contributed by atoms with E-state index < -0.39 is 0 Å². The Balaban J connectivity index is 1.58. The number of hydrogen-bond acceptors (Lipinski definition) is 3. The monoisotopic (exact) mass is 350 g/mol. The zero-order chi connectivity index (χ0) is 18.1. The molecule has 2 aromatic carbocycles. The van der Waals surface area contributed by atoms with E-state index in [0.717, 1.165) is 18.4 Å². The van der Waals surface area contributed by atoms with Crippen LogP contribution in [0.4, 0.5) is 4.39 Å². The van der Waals surface area contributed by atoms with E-state index in [9.17, 15) is 9.18 Å². The topological polar surface area (TPSA) is 46.3 Å². The van der Waals surface area contributed by atoms with Crippen LogP contribution in [0.25, 0.3) is 11.3 Å². The normalized spacial score (nSPS) is 16.8. The van der Waals surface area contributed by atoms with Gasteiger partial charge in [-0.15, -0.1) is 0 Å². The third-order valence-corrected chi connectivity index (χ3v) is 4.80. The summed E-state index contributed by atoms with van der Waals surface area (Å²) in [6.45, 7) is 2.75. The molecule has 26 heavy (non-hydrogen) atoms. The molecule has 4 nitrogen and oxygen atoms in total. The Morgan fingerprint density at radius 1 is 1.19 bits per heavy atom. The van der Waals surface area contributed by atoms with Gasteiger partial charge in [-0.05, 0) is 49.6 Å². The van der Waals surface area contributed by atoms with Gasteiger partial charge in [0.2, 0.25) is 5.76 Å². The molecule has 1 atom stereocenters. The minimum atomic E-state index is -0.313. The van der Waals surface area contributed by atoms with Crippen LogP contribution >= 0.6 is 0 Å². The van der Waals surface area contributed by atoms with E-state index in [0.29, 0.717) is 17.8 Å². The Hall–Kier alpha value is -2.95. The van der Waals surface area contributed by atoms with E-state index >= 15 is 0 Å². The van der Waals surface area contributed by atoms with Crippen molar-refractivity contribution in [2.24, 2.45) is 0 Å². The maximum atomic E-state index is 13.1. The molecule has 132 valence electrons. The fourth-order valence-corrected chi connectivity index (χ4v) is 3.51. The Bertz CT molecular complexity index is 933. The molecule has 1 aliphatic rings. The smallest absolute Gasteiger partial charge is 0.292 e. The summed E-state index contributed by atoms with van der Waals surface area (Å²) in [5.41, 5.74) is 3.57. The molecule has 0 aliphatic carbocycles. The van der Waals surface area contributed by atoms with Crippen molar-refractivity contribution in [3.05, 3.63) is 77.3 Å². The fraction of sp³-hybridized carbons (Fsp3) is 0.238. The van der Waals surface area contributed by atoms with E-state index in [1.165, 1.54) is 17.7 Å². The maximum absolute atomic E-state index is 13.1. The van der Waals surface area contributed by atoms with Gasteiger partial charge in [0.25, 0.3) is 5.91 Å². The molecule has 5 heteroatoms. The quantitative estimate of drug-likeness (QED) is 0.684. The van der Waals surface area contributed by atoms with Crippen LogP contribution in [0.1, 0.15) is 40.6 Å². The minimum Gasteiger partial charge on any atom is -0.350 e. The molecule has 0 N–H and O–H groups in total. The highest BCUT2D eigenvalue weighted by Gasteiger charge is 2.32. The summed E-state index contributed by atoms with van der Waals surface area (Å²) < 4.78 is 18.4. The second-order valence-corrected chi connectivity index (χ2v) is 6.65. The number of aryl methyl sites for hydroxylation is 1. The highest BCUT2D eigenvalue weighted by molar-refractivity contribution is 5.93. The molecular weight excluding hydrogens is 331 g/mol. The molecule has 4 rings (SSSR count). The molecule has 0 saturated carbocycles. The van der Waals surface area contributed by atoms with Crippen molar-refractivity contribution in [2.75, 3.05) is 6.54 Å². The number of likely N-dealkylation sites (tertiary alicyclic amines) is 1. The molecule has 0 bridgehead atoms. The second-order valence-electron chi connectivity index (χ2n) is 6.65. The molecule has 1 aliphatic heterocycles. The van der Waals surface area contributed by atoms with Gasteiger partial charge in [-0.1, -0.05) is 35.0 Å². The molecule has 0 spiro atoms. The Morgan fingerprint density at radius 2 is 2.00 bits per heavy atom. The summed E-state index contributed by atoms with van der Waals surface area (Å²) >= 11 is 0. The van der Waals surface area contributed by atoms with E-state index in [1.807, 2.05) is 11.0 Å². The van der Waals surface area contributed by atoms with Gasteiger partial charge < -0.3 is 9.42 Å². The van der Waals surface area contributed by atoms with Gasteiger partial charge in [-0.25, -0.2) is 4.39 Å². The summed E-state index contributed by atoms with van der Waals surface area (Å²) in [4.78, 5) is 14.8. The summed E-state index contributed by atoms with van der Waals surface area (Å²) in [5, 5.41) is 3.98. The first kappa shape index (κ1) is 16.5. The van der Waals surface area contributed by atoms with Gasteiger partial charge >= 0.3 is 0 Å². The van der Waals surface area contributed by atoms with Crippen molar-refractivity contribution < 1.29 is 13.7 Å². The maximum Gasteiger partial charge on any atom is 0.292 e. The summed E-state index contributed by atoms with van der Waals surface area (Å²) in [6.07, 6.45) is 1.90. The van der Waals surface area contributed by atoms with Crippen LogP contribution in [0.2, 0.25) is 0 Å². The predicted octanol–water partition coefficient (Wildman–Crippen LogP) is 4.77. The van der Waals surface area contributed by atoms with Crippen LogP contribution in [0, 0.1) is 12.7 Å². The zero-order valence-electron chi connectivity index (χ0n) is 14.5. The largest absolute Gasteiger partial charge is 0.350 e. The second kappa shape index (κ2) is 6.75. The number of hydrogen-bond donors (Lipinski definition) is 0. The molecule has 0 radical (unpaired) electrons. The molecule has 1 amide bonds. The molecule has 3 aromatic rings. The van der Waals surface area contributed by atoms with Crippen molar-refractivity contribution >= 4 is 5.91 Å². The summed E-state index contributed by atoms with van der Waals surface area (Å²) in [6, 6.07) is 15.9. The fourth-order valence-electron chi connectivity index (χ4n) is 3.51. The Labute approximate surface area is 151 Å². The Morgan fingerprint density at radius 3 is 2.77 bits per heavy atom. The van der Waals surface area contributed by atoms with Gasteiger partial charge in [0.05, 0.1) is 6.04 Å². The average Bonchev–Trinajstić information content (AvgIpc) is 3.32. The van der Waals surface area contributed by atoms with Crippen LogP contribution in [-0.2, 0) is 0 Å².